The zero-order chi connectivity index (χ0) is 19.3. The lowest BCUT2D eigenvalue weighted by molar-refractivity contribution is -0.153. The SMILES string of the molecule is CC(C(=O)N1C(C(=O)O)CC2CCCCC21)N1C(=O)NC2(CCCC2)C1=O. The monoisotopic (exact) mass is 377 g/mol. The number of nitrogens with one attached hydrogen (secondary N) is 1. The van der Waals surface area contributed by atoms with Crippen molar-refractivity contribution in [1.82, 2.24) is 15.1 Å². The number of fused-ring (bicyclic) bond motifs is 1. The van der Waals surface area contributed by atoms with Gasteiger partial charge >= 0.3 is 12.0 Å². The number of urea groups is 1. The average molecular weight is 377 g/mol. The molecule has 0 aromatic heterocycles. The van der Waals surface area contributed by atoms with Crippen LogP contribution in [0.1, 0.15) is 64.7 Å². The van der Waals surface area contributed by atoms with Crippen LogP contribution in [0.25, 0.3) is 0 Å². The van der Waals surface area contributed by atoms with E-state index in [0.29, 0.717) is 19.3 Å². The Bertz CT molecular complexity index is 687. The molecular weight excluding hydrogens is 350 g/mol. The van der Waals surface area contributed by atoms with Gasteiger partial charge in [-0.15, -0.1) is 0 Å². The van der Waals surface area contributed by atoms with Crippen LogP contribution < -0.4 is 5.32 Å². The number of nitrogens with zero attached hydrogens (tertiary/aromatic N) is 2. The standard InChI is InChI=1S/C19H27N3O5/c1-11(21-17(26)19(20-18(21)27)8-4-5-9-19)15(23)22-13-7-3-2-6-12(13)10-14(22)16(24)25/h11-14H,2-10H2,1H3,(H,20,27)(H,24,25). The molecule has 2 saturated heterocycles. The molecule has 0 aromatic rings. The molecule has 4 atom stereocenters. The van der Waals surface area contributed by atoms with E-state index in [1.54, 1.807) is 6.92 Å². The topological polar surface area (TPSA) is 107 Å². The van der Waals surface area contributed by atoms with Crippen LogP contribution in [0.3, 0.4) is 0 Å². The minimum atomic E-state index is -1.01. The number of aliphatic carboxylic acids is 1. The summed E-state index contributed by atoms with van der Waals surface area (Å²) >= 11 is 0. The molecule has 1 spiro atoms. The molecule has 0 aromatic carbocycles. The molecule has 27 heavy (non-hydrogen) atoms. The third kappa shape index (κ3) is 2.72. The summed E-state index contributed by atoms with van der Waals surface area (Å²) in [5.74, 6) is -1.57. The molecule has 2 aliphatic carbocycles. The highest BCUT2D eigenvalue weighted by atomic mass is 16.4. The Morgan fingerprint density at radius 2 is 1.81 bits per heavy atom. The van der Waals surface area contributed by atoms with Crippen molar-refractivity contribution in [1.29, 1.82) is 0 Å². The first-order valence-electron chi connectivity index (χ1n) is 10.1. The quantitative estimate of drug-likeness (QED) is 0.725. The van der Waals surface area contributed by atoms with Crippen LogP contribution in [0, 0.1) is 5.92 Å². The molecule has 148 valence electrons. The van der Waals surface area contributed by atoms with E-state index in [2.05, 4.69) is 5.32 Å². The van der Waals surface area contributed by atoms with E-state index in [1.807, 2.05) is 0 Å². The van der Waals surface area contributed by atoms with E-state index in [1.165, 1.54) is 4.90 Å². The highest BCUT2D eigenvalue weighted by Gasteiger charge is 2.56. The van der Waals surface area contributed by atoms with Gasteiger partial charge in [0.05, 0.1) is 0 Å². The largest absolute Gasteiger partial charge is 0.480 e. The summed E-state index contributed by atoms with van der Waals surface area (Å²) < 4.78 is 0. The Morgan fingerprint density at radius 3 is 2.48 bits per heavy atom. The third-order valence-corrected chi connectivity index (χ3v) is 7.02. The smallest absolute Gasteiger partial charge is 0.326 e. The second kappa shape index (κ2) is 6.49. The maximum Gasteiger partial charge on any atom is 0.326 e. The van der Waals surface area contributed by atoms with Crippen molar-refractivity contribution >= 4 is 23.8 Å². The lowest BCUT2D eigenvalue weighted by atomic mass is 9.84. The predicted molar refractivity (Wildman–Crippen MR) is 94.7 cm³/mol. The molecule has 0 radical (unpaired) electrons. The van der Waals surface area contributed by atoms with Gasteiger partial charge in [0.25, 0.3) is 5.91 Å². The van der Waals surface area contributed by atoms with E-state index < -0.39 is 35.5 Å². The number of imide groups is 1. The van der Waals surface area contributed by atoms with Gasteiger partial charge in [0.1, 0.15) is 17.6 Å². The highest BCUT2D eigenvalue weighted by Crippen LogP contribution is 2.41. The third-order valence-electron chi connectivity index (χ3n) is 7.02. The van der Waals surface area contributed by atoms with E-state index in [0.717, 1.165) is 43.4 Å². The van der Waals surface area contributed by atoms with E-state index >= 15 is 0 Å². The van der Waals surface area contributed by atoms with Gasteiger partial charge in [0, 0.05) is 6.04 Å². The van der Waals surface area contributed by atoms with Gasteiger partial charge < -0.3 is 15.3 Å². The maximum absolute atomic E-state index is 13.3. The molecule has 2 N–H and O–H groups in total. The molecule has 2 saturated carbocycles. The van der Waals surface area contributed by atoms with Gasteiger partial charge in [-0.25, -0.2) is 14.5 Å². The molecule has 8 heteroatoms. The predicted octanol–water partition coefficient (Wildman–Crippen LogP) is 1.48. The lowest BCUT2D eigenvalue weighted by Crippen LogP contribution is -2.55. The number of carbonyl (C=O) groups excluding carboxylic acids is 3. The van der Waals surface area contributed by atoms with E-state index in [4.69, 9.17) is 0 Å². The number of carboxylic acids is 1. The number of rotatable bonds is 3. The number of carboxylic acid groups (broad SMARTS) is 1. The first kappa shape index (κ1) is 18.3. The zero-order valence-corrected chi connectivity index (χ0v) is 15.6. The molecule has 2 heterocycles. The lowest BCUT2D eigenvalue weighted by Gasteiger charge is -2.36. The Hall–Kier alpha value is -2.12. The summed E-state index contributed by atoms with van der Waals surface area (Å²) in [5.41, 5.74) is -0.865. The summed E-state index contributed by atoms with van der Waals surface area (Å²) in [5, 5.41) is 12.4. The van der Waals surface area contributed by atoms with Crippen molar-refractivity contribution in [2.75, 3.05) is 0 Å². The van der Waals surface area contributed by atoms with Gasteiger partial charge in [-0.3, -0.25) is 9.59 Å². The van der Waals surface area contributed by atoms with Crippen LogP contribution in [0.4, 0.5) is 4.79 Å². The maximum atomic E-state index is 13.3. The fourth-order valence-electron chi connectivity index (χ4n) is 5.63. The van der Waals surface area contributed by atoms with E-state index in [-0.39, 0.29) is 17.9 Å². The number of hydrogen-bond donors (Lipinski definition) is 2. The molecule has 8 nitrogen and oxygen atoms in total. The molecule has 4 fully saturated rings. The minimum absolute atomic E-state index is 0.101. The summed E-state index contributed by atoms with van der Waals surface area (Å²) in [6.45, 7) is 1.54. The molecular formula is C19H27N3O5. The average Bonchev–Trinajstić information content (AvgIpc) is 3.31. The van der Waals surface area contributed by atoms with E-state index in [9.17, 15) is 24.3 Å². The zero-order valence-electron chi connectivity index (χ0n) is 15.6. The van der Waals surface area contributed by atoms with Crippen LogP contribution in [0.2, 0.25) is 0 Å². The molecule has 4 rings (SSSR count). The normalized spacial score (nSPS) is 33.3. The minimum Gasteiger partial charge on any atom is -0.480 e. The van der Waals surface area contributed by atoms with Crippen LogP contribution in [0.15, 0.2) is 0 Å². The Labute approximate surface area is 158 Å². The summed E-state index contributed by atoms with van der Waals surface area (Å²) in [7, 11) is 0. The Balaban J connectivity index is 1.58. The van der Waals surface area contributed by atoms with Crippen molar-refractivity contribution in [3.05, 3.63) is 0 Å². The van der Waals surface area contributed by atoms with Crippen molar-refractivity contribution in [3.8, 4) is 0 Å². The highest BCUT2D eigenvalue weighted by molar-refractivity contribution is 6.10. The summed E-state index contributed by atoms with van der Waals surface area (Å²) in [6.07, 6.45) is 7.15. The molecule has 0 bridgehead atoms. The van der Waals surface area contributed by atoms with Gasteiger partial charge in [-0.1, -0.05) is 25.7 Å². The molecule has 4 unspecified atom stereocenters. The van der Waals surface area contributed by atoms with Gasteiger partial charge in [0.15, 0.2) is 0 Å². The van der Waals surface area contributed by atoms with Crippen LogP contribution in [-0.4, -0.2) is 62.4 Å². The van der Waals surface area contributed by atoms with Crippen molar-refractivity contribution in [3.63, 3.8) is 0 Å². The fourth-order valence-corrected chi connectivity index (χ4v) is 5.63. The summed E-state index contributed by atoms with van der Waals surface area (Å²) in [4.78, 5) is 53.0. The Morgan fingerprint density at radius 1 is 1.15 bits per heavy atom. The van der Waals surface area contributed by atoms with Gasteiger partial charge in [-0.05, 0) is 44.9 Å². The summed E-state index contributed by atoms with van der Waals surface area (Å²) in [6, 6.07) is -2.49. The second-order valence-electron chi connectivity index (χ2n) is 8.52. The van der Waals surface area contributed by atoms with Crippen LogP contribution >= 0.6 is 0 Å². The number of amides is 4. The molecule has 2 aliphatic heterocycles. The van der Waals surface area contributed by atoms with Crippen molar-refractivity contribution < 1.29 is 24.3 Å². The van der Waals surface area contributed by atoms with Crippen LogP contribution in [-0.2, 0) is 14.4 Å². The number of carbonyl (C=O) groups is 4. The van der Waals surface area contributed by atoms with Gasteiger partial charge in [-0.2, -0.15) is 0 Å². The Kier molecular flexibility index (Phi) is 4.39. The number of hydrogen-bond acceptors (Lipinski definition) is 4. The molecule has 4 amide bonds. The van der Waals surface area contributed by atoms with Gasteiger partial charge in [0.2, 0.25) is 5.91 Å². The van der Waals surface area contributed by atoms with Crippen LogP contribution in [0.5, 0.6) is 0 Å². The second-order valence-corrected chi connectivity index (χ2v) is 8.52. The fraction of sp³-hybridized carbons (Fsp3) is 0.789. The first-order valence-corrected chi connectivity index (χ1v) is 10.1. The van der Waals surface area contributed by atoms with Crippen molar-refractivity contribution in [2.24, 2.45) is 5.92 Å². The molecule has 4 aliphatic rings. The van der Waals surface area contributed by atoms with Crippen molar-refractivity contribution in [2.45, 2.75) is 88.4 Å². The number of likely N-dealkylation sites (tertiary alicyclic amines) is 1. The first-order chi connectivity index (χ1) is 12.9.